The van der Waals surface area contributed by atoms with E-state index < -0.39 is 0 Å². The molecule has 3 aromatic carbocycles. The van der Waals surface area contributed by atoms with Crippen LogP contribution in [0.25, 0.3) is 44.4 Å². The van der Waals surface area contributed by atoms with Crippen LogP contribution >= 0.6 is 0 Å². The van der Waals surface area contributed by atoms with Gasteiger partial charge in [-0.2, -0.15) is 5.10 Å². The third-order valence-electron chi connectivity index (χ3n) is 6.24. The van der Waals surface area contributed by atoms with Crippen LogP contribution < -0.4 is 9.96 Å². The molecule has 0 bridgehead atoms. The molecule has 146 valence electrons. The number of fused-ring (bicyclic) bond motifs is 5. The van der Waals surface area contributed by atoms with Gasteiger partial charge in [0, 0.05) is 22.1 Å². The van der Waals surface area contributed by atoms with Crippen molar-refractivity contribution in [1.29, 1.82) is 0 Å². The quantitative estimate of drug-likeness (QED) is 0.419. The molecule has 0 saturated carbocycles. The van der Waals surface area contributed by atoms with Gasteiger partial charge in [0.2, 0.25) is 0 Å². The Bertz CT molecular complexity index is 1490. The number of rotatable bonds is 4. The minimum absolute atomic E-state index is 0.261. The third-order valence-corrected chi connectivity index (χ3v) is 6.24. The predicted octanol–water partition coefficient (Wildman–Crippen LogP) is 5.26. The first kappa shape index (κ1) is 17.3. The van der Waals surface area contributed by atoms with E-state index in [0.29, 0.717) is 5.65 Å². The maximum absolute atomic E-state index is 5.65. The molecular weight excluding hydrogens is 370 g/mol. The van der Waals surface area contributed by atoms with E-state index in [1.54, 1.807) is 7.11 Å². The van der Waals surface area contributed by atoms with Crippen molar-refractivity contribution in [3.05, 3.63) is 71.1 Å². The van der Waals surface area contributed by atoms with Gasteiger partial charge in [0.25, 0.3) is 0 Å². The molecule has 0 radical (unpaired) electrons. The molecule has 0 spiro atoms. The molecule has 0 amide bonds. The molecule has 2 heterocycles. The molecule has 0 saturated heterocycles. The first-order valence-corrected chi connectivity index (χ1v) is 10.4. The largest absolute Gasteiger partial charge is 0.494 e. The lowest BCUT2D eigenvalue weighted by molar-refractivity contribution is 0.419. The third kappa shape index (κ3) is 2.31. The van der Waals surface area contributed by atoms with Gasteiger partial charge in [-0.25, -0.2) is 4.98 Å². The summed E-state index contributed by atoms with van der Waals surface area (Å²) in [5, 5.41) is 14.4. The van der Waals surface area contributed by atoms with E-state index in [4.69, 9.17) is 9.72 Å². The van der Waals surface area contributed by atoms with Gasteiger partial charge < -0.3 is 4.74 Å². The molecule has 1 aliphatic rings. The number of aromatic nitrogens is 3. The smallest absolute Gasteiger partial charge is 0.184 e. The van der Waals surface area contributed by atoms with Crippen molar-refractivity contribution in [2.75, 3.05) is 7.11 Å². The Hall–Kier alpha value is -3.53. The van der Waals surface area contributed by atoms with Crippen LogP contribution in [0.4, 0.5) is 0 Å². The lowest BCUT2D eigenvalue weighted by Gasteiger charge is -2.18. The number of hydrogen-bond acceptors (Lipinski definition) is 4. The Labute approximate surface area is 174 Å². The fraction of sp³-hybridized carbons (Fsp3) is 0.192. The standard InChI is InChI=1S/C26H21N3O/c1-3-7-16-12-17(15-8-5-4-6-9-15)13-19-18-10-11-21(30-2)25-24(18)23(22(16)19)20-14-27-29-26(20)28-25/h4-6,8-14,17H,3,7H2,1-2H3. The van der Waals surface area contributed by atoms with Crippen molar-refractivity contribution in [1.82, 2.24) is 15.2 Å². The summed E-state index contributed by atoms with van der Waals surface area (Å²) in [7, 11) is 1.70. The molecule has 0 N–H and O–H groups in total. The number of methoxy groups -OCH3 is 1. The molecule has 4 heteroatoms. The van der Waals surface area contributed by atoms with Crippen molar-refractivity contribution >= 4 is 44.4 Å². The number of hydrogen-bond donors (Lipinski definition) is 0. The van der Waals surface area contributed by atoms with Crippen molar-refractivity contribution in [3.63, 3.8) is 0 Å². The topological polar surface area (TPSA) is 47.9 Å². The van der Waals surface area contributed by atoms with Gasteiger partial charge in [0.05, 0.1) is 13.3 Å². The SMILES string of the molecule is CCCC1=CC(c2ccccc2)C=c2c1c1c3cnnc3nc3c(OC)ccc2c31. The van der Waals surface area contributed by atoms with Crippen LogP contribution in [0.5, 0.6) is 5.75 Å². The predicted molar refractivity (Wildman–Crippen MR) is 122 cm³/mol. The maximum atomic E-state index is 5.65. The summed E-state index contributed by atoms with van der Waals surface area (Å²) in [6, 6.07) is 14.9. The summed E-state index contributed by atoms with van der Waals surface area (Å²) >= 11 is 0. The Morgan fingerprint density at radius 3 is 2.63 bits per heavy atom. The highest BCUT2D eigenvalue weighted by atomic mass is 16.5. The summed E-state index contributed by atoms with van der Waals surface area (Å²) < 4.78 is 5.65. The summed E-state index contributed by atoms with van der Waals surface area (Å²) in [5.41, 5.74) is 5.59. The summed E-state index contributed by atoms with van der Waals surface area (Å²) in [6.45, 7) is 2.24. The molecule has 2 aromatic heterocycles. The van der Waals surface area contributed by atoms with Crippen LogP contribution in [0, 0.1) is 0 Å². The molecule has 1 unspecified atom stereocenters. The number of nitrogens with zero attached hydrogens (tertiary/aromatic N) is 3. The van der Waals surface area contributed by atoms with Gasteiger partial charge in [-0.05, 0) is 45.9 Å². The van der Waals surface area contributed by atoms with E-state index in [0.717, 1.165) is 34.9 Å². The molecule has 1 aliphatic carbocycles. The molecule has 6 rings (SSSR count). The van der Waals surface area contributed by atoms with Gasteiger partial charge in [0.1, 0.15) is 11.3 Å². The molecule has 5 aromatic rings. The van der Waals surface area contributed by atoms with Gasteiger partial charge in [-0.1, -0.05) is 55.8 Å². The van der Waals surface area contributed by atoms with Crippen LogP contribution in [-0.2, 0) is 0 Å². The molecular formula is C26H21N3O. The number of ether oxygens (including phenoxy) is 1. The van der Waals surface area contributed by atoms with Crippen molar-refractivity contribution in [2.45, 2.75) is 25.7 Å². The molecule has 4 nitrogen and oxygen atoms in total. The summed E-state index contributed by atoms with van der Waals surface area (Å²) in [6.07, 6.45) is 8.82. The normalized spacial score (nSPS) is 16.1. The van der Waals surface area contributed by atoms with Crippen LogP contribution in [0.2, 0.25) is 0 Å². The van der Waals surface area contributed by atoms with E-state index in [-0.39, 0.29) is 5.92 Å². The highest BCUT2D eigenvalue weighted by Crippen LogP contribution is 2.42. The van der Waals surface area contributed by atoms with Crippen molar-refractivity contribution < 1.29 is 4.74 Å². The molecule has 0 fully saturated rings. The van der Waals surface area contributed by atoms with Crippen LogP contribution in [-0.4, -0.2) is 22.3 Å². The minimum atomic E-state index is 0.261. The highest BCUT2D eigenvalue weighted by molar-refractivity contribution is 6.25. The number of allylic oxidation sites excluding steroid dienone is 2. The second-order valence-corrected chi connectivity index (χ2v) is 7.94. The Morgan fingerprint density at radius 1 is 0.967 bits per heavy atom. The fourth-order valence-electron chi connectivity index (χ4n) is 4.99. The Morgan fingerprint density at radius 2 is 1.83 bits per heavy atom. The zero-order valence-electron chi connectivity index (χ0n) is 17.0. The Balaban J connectivity index is 1.80. The first-order chi connectivity index (χ1) is 14.8. The monoisotopic (exact) mass is 391 g/mol. The number of benzene rings is 2. The lowest BCUT2D eigenvalue weighted by Crippen LogP contribution is -2.13. The van der Waals surface area contributed by atoms with Gasteiger partial charge in [0.15, 0.2) is 5.65 Å². The van der Waals surface area contributed by atoms with Crippen LogP contribution in [0.3, 0.4) is 0 Å². The fourth-order valence-corrected chi connectivity index (χ4v) is 4.99. The minimum Gasteiger partial charge on any atom is -0.494 e. The van der Waals surface area contributed by atoms with Crippen molar-refractivity contribution in [2.24, 2.45) is 0 Å². The van der Waals surface area contributed by atoms with E-state index in [1.165, 1.54) is 32.7 Å². The van der Waals surface area contributed by atoms with Crippen molar-refractivity contribution in [3.8, 4) is 5.75 Å². The van der Waals surface area contributed by atoms with E-state index in [1.807, 2.05) is 12.3 Å². The van der Waals surface area contributed by atoms with Gasteiger partial charge >= 0.3 is 0 Å². The van der Waals surface area contributed by atoms with E-state index in [9.17, 15) is 0 Å². The Kier molecular flexibility index (Phi) is 3.75. The molecule has 30 heavy (non-hydrogen) atoms. The van der Waals surface area contributed by atoms with Gasteiger partial charge in [-0.15, -0.1) is 5.10 Å². The lowest BCUT2D eigenvalue weighted by atomic mass is 9.86. The van der Waals surface area contributed by atoms with E-state index >= 15 is 0 Å². The highest BCUT2D eigenvalue weighted by Gasteiger charge is 2.25. The second kappa shape index (κ2) is 6.49. The average Bonchev–Trinajstić information content (AvgIpc) is 3.38. The average molecular weight is 391 g/mol. The van der Waals surface area contributed by atoms with Gasteiger partial charge in [-0.3, -0.25) is 0 Å². The number of pyridine rings is 1. The summed E-state index contributed by atoms with van der Waals surface area (Å²) in [5.74, 6) is 1.04. The second-order valence-electron chi connectivity index (χ2n) is 7.94. The maximum Gasteiger partial charge on any atom is 0.184 e. The van der Waals surface area contributed by atoms with Crippen LogP contribution in [0.15, 0.2) is 54.7 Å². The molecule has 1 atom stereocenters. The summed E-state index contributed by atoms with van der Waals surface area (Å²) in [4.78, 5) is 4.82. The van der Waals surface area contributed by atoms with Crippen LogP contribution in [0.1, 0.15) is 36.8 Å². The van der Waals surface area contributed by atoms with E-state index in [2.05, 4.69) is 65.7 Å². The first-order valence-electron chi connectivity index (χ1n) is 10.4. The zero-order valence-corrected chi connectivity index (χ0v) is 17.0. The molecule has 0 aliphatic heterocycles. The zero-order chi connectivity index (χ0) is 20.2.